The van der Waals surface area contributed by atoms with E-state index in [0.717, 1.165) is 43.7 Å². The van der Waals surface area contributed by atoms with Crippen molar-refractivity contribution in [1.82, 2.24) is 19.7 Å². The maximum atomic E-state index is 13.2. The fourth-order valence-electron chi connectivity index (χ4n) is 5.17. The first-order chi connectivity index (χ1) is 21.5. The van der Waals surface area contributed by atoms with Crippen LogP contribution in [0, 0.1) is 6.92 Å². The van der Waals surface area contributed by atoms with E-state index in [1.165, 1.54) is 30.2 Å². The molecule has 6 aromatic rings. The van der Waals surface area contributed by atoms with Crippen LogP contribution in [0.3, 0.4) is 0 Å². The zero-order valence-electron chi connectivity index (χ0n) is 24.4. The second-order valence-electron chi connectivity index (χ2n) is 9.92. The molecule has 10 heteroatoms. The Hall–Kier alpha value is -4.80. The summed E-state index contributed by atoms with van der Waals surface area (Å²) in [7, 11) is 1.34. The molecule has 0 unspecified atom stereocenters. The number of para-hydroxylation sites is 1. The van der Waals surface area contributed by atoms with Crippen molar-refractivity contribution in [2.24, 2.45) is 0 Å². The third-order valence-corrected chi connectivity index (χ3v) is 9.17. The molecule has 8 nitrogen and oxygen atoms in total. The van der Waals surface area contributed by atoms with E-state index < -0.39 is 5.97 Å². The van der Waals surface area contributed by atoms with Crippen molar-refractivity contribution in [3.63, 3.8) is 0 Å². The quantitative estimate of drug-likeness (QED) is 0.131. The first kappa shape index (κ1) is 29.3. The molecule has 6 rings (SSSR count). The van der Waals surface area contributed by atoms with E-state index in [2.05, 4.69) is 15.5 Å². The van der Waals surface area contributed by atoms with Crippen molar-refractivity contribution in [1.29, 1.82) is 0 Å². The Labute approximate surface area is 263 Å². The zero-order chi connectivity index (χ0) is 30.6. The van der Waals surface area contributed by atoms with Crippen molar-refractivity contribution < 1.29 is 14.3 Å². The molecule has 0 aliphatic carbocycles. The van der Waals surface area contributed by atoms with Gasteiger partial charge in [-0.25, -0.2) is 9.78 Å². The van der Waals surface area contributed by atoms with Crippen LogP contribution in [0.1, 0.15) is 22.2 Å². The number of ether oxygens (including phenoxy) is 1. The lowest BCUT2D eigenvalue weighted by molar-refractivity contribution is -0.113. The minimum atomic E-state index is -0.494. The van der Waals surface area contributed by atoms with Gasteiger partial charge in [-0.05, 0) is 31.5 Å². The fraction of sp³-hybridized carbons (Fsp3) is 0.147. The summed E-state index contributed by atoms with van der Waals surface area (Å²) in [5.41, 5.74) is 5.66. The number of nitrogens with one attached hydrogen (secondary N) is 1. The maximum absolute atomic E-state index is 13.2. The van der Waals surface area contributed by atoms with Crippen LogP contribution in [-0.4, -0.2) is 44.5 Å². The number of methoxy groups -OCH3 is 1. The van der Waals surface area contributed by atoms with Crippen LogP contribution in [-0.2, 0) is 16.1 Å². The van der Waals surface area contributed by atoms with Crippen LogP contribution in [0.15, 0.2) is 96.2 Å². The van der Waals surface area contributed by atoms with Gasteiger partial charge in [-0.1, -0.05) is 90.6 Å². The number of esters is 1. The lowest BCUT2D eigenvalue weighted by Gasteiger charge is -2.12. The fourth-order valence-corrected chi connectivity index (χ4v) is 7.05. The van der Waals surface area contributed by atoms with E-state index in [1.807, 2.05) is 109 Å². The molecule has 0 radical (unpaired) electrons. The summed E-state index contributed by atoms with van der Waals surface area (Å²) in [4.78, 5) is 31.9. The molecule has 0 fully saturated rings. The Morgan fingerprint density at radius 1 is 0.932 bits per heavy atom. The first-order valence-corrected chi connectivity index (χ1v) is 15.9. The maximum Gasteiger partial charge on any atom is 0.341 e. The van der Waals surface area contributed by atoms with Crippen LogP contribution >= 0.6 is 23.1 Å². The molecule has 0 spiro atoms. The second kappa shape index (κ2) is 12.8. The Morgan fingerprint density at radius 3 is 2.32 bits per heavy atom. The van der Waals surface area contributed by atoms with E-state index in [9.17, 15) is 9.59 Å². The van der Waals surface area contributed by atoms with Gasteiger partial charge in [0, 0.05) is 33.5 Å². The van der Waals surface area contributed by atoms with Gasteiger partial charge in [-0.2, -0.15) is 0 Å². The van der Waals surface area contributed by atoms with Gasteiger partial charge in [-0.15, -0.1) is 21.5 Å². The van der Waals surface area contributed by atoms with Gasteiger partial charge in [0.05, 0.1) is 24.1 Å². The number of aromatic nitrogens is 4. The monoisotopic (exact) mass is 619 g/mol. The average molecular weight is 620 g/mol. The van der Waals surface area contributed by atoms with Crippen LogP contribution in [0.25, 0.3) is 44.7 Å². The van der Waals surface area contributed by atoms with Gasteiger partial charge in [0.2, 0.25) is 5.91 Å². The highest BCUT2D eigenvalue weighted by Gasteiger charge is 2.25. The predicted octanol–water partition coefficient (Wildman–Crippen LogP) is 7.73. The number of anilines is 1. The minimum absolute atomic E-state index is 0.0860. The van der Waals surface area contributed by atoms with Gasteiger partial charge in [-0.3, -0.25) is 4.79 Å². The molecule has 44 heavy (non-hydrogen) atoms. The molecular formula is C34H29N5O3S2. The van der Waals surface area contributed by atoms with Gasteiger partial charge in [0.15, 0.2) is 11.0 Å². The number of benzene rings is 3. The van der Waals surface area contributed by atoms with E-state index in [4.69, 9.17) is 9.72 Å². The Balaban J connectivity index is 1.27. The van der Waals surface area contributed by atoms with Crippen molar-refractivity contribution in [2.75, 3.05) is 18.2 Å². The van der Waals surface area contributed by atoms with Crippen molar-refractivity contribution in [2.45, 2.75) is 25.5 Å². The molecular weight excluding hydrogens is 591 g/mol. The third-order valence-electron chi connectivity index (χ3n) is 7.18. The largest absolute Gasteiger partial charge is 0.465 e. The highest BCUT2D eigenvalue weighted by Crippen LogP contribution is 2.40. The molecule has 3 aromatic carbocycles. The van der Waals surface area contributed by atoms with Crippen molar-refractivity contribution >= 4 is 50.9 Å². The molecule has 0 saturated carbocycles. The van der Waals surface area contributed by atoms with Gasteiger partial charge in [0.1, 0.15) is 10.6 Å². The molecule has 0 saturated heterocycles. The van der Waals surface area contributed by atoms with Crippen LogP contribution in [0.2, 0.25) is 0 Å². The molecule has 0 aliphatic rings. The van der Waals surface area contributed by atoms with Gasteiger partial charge < -0.3 is 14.6 Å². The van der Waals surface area contributed by atoms with Crippen molar-refractivity contribution in [3.8, 4) is 33.8 Å². The number of amides is 1. The average Bonchev–Trinajstić information content (AvgIpc) is 3.63. The smallest absolute Gasteiger partial charge is 0.341 e. The van der Waals surface area contributed by atoms with E-state index >= 15 is 0 Å². The van der Waals surface area contributed by atoms with Crippen LogP contribution in [0.4, 0.5) is 5.00 Å². The molecule has 0 atom stereocenters. The van der Waals surface area contributed by atoms with E-state index in [-0.39, 0.29) is 11.7 Å². The number of carbonyl (C=O) groups excluding carboxylic acids is 2. The molecule has 3 heterocycles. The Kier molecular flexibility index (Phi) is 8.53. The number of fused-ring (bicyclic) bond motifs is 1. The summed E-state index contributed by atoms with van der Waals surface area (Å²) < 4.78 is 7.10. The zero-order valence-corrected chi connectivity index (χ0v) is 26.0. The molecule has 0 bridgehead atoms. The van der Waals surface area contributed by atoms with Crippen LogP contribution in [0.5, 0.6) is 0 Å². The third kappa shape index (κ3) is 5.73. The number of aryl methyl sites for hydroxylation is 1. The normalized spacial score (nSPS) is 11.1. The standard InChI is InChI=1S/C34H29N5O3S2/c1-4-39-31(25-19-27(22-13-7-5-8-14-22)35-26-18-12-11-17-24(25)26)37-38-34(39)43-20-28(40)36-32-30(33(41)42-3)29(21(2)44-32)23-15-9-6-10-16-23/h5-19H,4,20H2,1-3H3,(H,36,40). The first-order valence-electron chi connectivity index (χ1n) is 14.1. The summed E-state index contributed by atoms with van der Waals surface area (Å²) in [6, 6.07) is 29.7. The van der Waals surface area contributed by atoms with E-state index in [0.29, 0.717) is 28.1 Å². The number of pyridine rings is 1. The number of rotatable bonds is 9. The second-order valence-corrected chi connectivity index (χ2v) is 12.1. The topological polar surface area (TPSA) is 99.0 Å². The Morgan fingerprint density at radius 2 is 1.61 bits per heavy atom. The number of hydrogen-bond acceptors (Lipinski definition) is 8. The number of carbonyl (C=O) groups is 2. The summed E-state index contributed by atoms with van der Waals surface area (Å²) in [5.74, 6) is 0.0448. The number of hydrogen-bond donors (Lipinski definition) is 1. The van der Waals surface area contributed by atoms with Crippen LogP contribution < -0.4 is 5.32 Å². The summed E-state index contributed by atoms with van der Waals surface area (Å²) >= 11 is 2.66. The number of thioether (sulfide) groups is 1. The highest BCUT2D eigenvalue weighted by molar-refractivity contribution is 7.99. The lowest BCUT2D eigenvalue weighted by atomic mass is 10.0. The number of nitrogens with zero attached hydrogens (tertiary/aromatic N) is 4. The number of thiophene rings is 1. The summed E-state index contributed by atoms with van der Waals surface area (Å²) in [6.45, 7) is 4.57. The van der Waals surface area contributed by atoms with Crippen molar-refractivity contribution in [3.05, 3.63) is 101 Å². The van der Waals surface area contributed by atoms with Gasteiger partial charge >= 0.3 is 5.97 Å². The predicted molar refractivity (Wildman–Crippen MR) is 177 cm³/mol. The molecule has 1 amide bonds. The lowest BCUT2D eigenvalue weighted by Crippen LogP contribution is -2.16. The summed E-state index contributed by atoms with van der Waals surface area (Å²) in [6.07, 6.45) is 0. The van der Waals surface area contributed by atoms with Gasteiger partial charge in [0.25, 0.3) is 0 Å². The molecule has 0 aliphatic heterocycles. The molecule has 1 N–H and O–H groups in total. The SMILES string of the molecule is CCn1c(SCC(=O)Nc2sc(C)c(-c3ccccc3)c2C(=O)OC)nnc1-c1cc(-c2ccccc2)nc2ccccc12. The molecule has 220 valence electrons. The minimum Gasteiger partial charge on any atom is -0.465 e. The van der Waals surface area contributed by atoms with E-state index in [1.54, 1.807) is 0 Å². The highest BCUT2D eigenvalue weighted by atomic mass is 32.2. The molecule has 3 aromatic heterocycles. The summed E-state index contributed by atoms with van der Waals surface area (Å²) in [5, 5.41) is 14.1. The Bertz CT molecular complexity index is 1970.